The van der Waals surface area contributed by atoms with Crippen LogP contribution in [-0.2, 0) is 0 Å². The second-order valence-electron chi connectivity index (χ2n) is 10.7. The van der Waals surface area contributed by atoms with Crippen LogP contribution in [0.2, 0.25) is 0 Å². The van der Waals surface area contributed by atoms with Gasteiger partial charge in [-0.25, -0.2) is 0 Å². The van der Waals surface area contributed by atoms with Gasteiger partial charge in [0, 0.05) is 11.3 Å². The van der Waals surface area contributed by atoms with E-state index in [4.69, 9.17) is 0 Å². The summed E-state index contributed by atoms with van der Waals surface area (Å²) in [5.41, 5.74) is -4.75. The summed E-state index contributed by atoms with van der Waals surface area (Å²) in [7, 11) is 0. The van der Waals surface area contributed by atoms with Crippen molar-refractivity contribution in [3.05, 3.63) is 0 Å². The molecule has 4 rings (SSSR count). The molecule has 4 aliphatic rings. The third-order valence-corrected chi connectivity index (χ3v) is 9.16. The first-order chi connectivity index (χ1) is 11.3. The minimum atomic E-state index is -1.54. The van der Waals surface area contributed by atoms with Crippen LogP contribution in [0.3, 0.4) is 0 Å². The summed E-state index contributed by atoms with van der Waals surface area (Å²) in [6.07, 6.45) is 1.91. The number of hydrogen-bond donors (Lipinski definition) is 5. The van der Waals surface area contributed by atoms with E-state index in [-0.39, 0.29) is 17.3 Å². The summed E-state index contributed by atoms with van der Waals surface area (Å²) >= 11 is 0. The van der Waals surface area contributed by atoms with Crippen LogP contribution in [-0.4, -0.2) is 54.5 Å². The van der Waals surface area contributed by atoms with Gasteiger partial charge in [-0.2, -0.15) is 0 Å². The summed E-state index contributed by atoms with van der Waals surface area (Å²) in [6, 6.07) is 0. The molecule has 0 aromatic carbocycles. The van der Waals surface area contributed by atoms with Crippen LogP contribution in [0.25, 0.3) is 0 Å². The average Bonchev–Trinajstić information content (AvgIpc) is 2.77. The van der Waals surface area contributed by atoms with Gasteiger partial charge in [-0.1, -0.05) is 13.8 Å². The van der Waals surface area contributed by atoms with E-state index < -0.39 is 40.3 Å². The maximum absolute atomic E-state index is 11.7. The van der Waals surface area contributed by atoms with Crippen molar-refractivity contribution in [1.82, 2.24) is 0 Å². The molecule has 25 heavy (non-hydrogen) atoms. The Bertz CT molecular complexity index is 585. The van der Waals surface area contributed by atoms with Gasteiger partial charge in [-0.15, -0.1) is 0 Å². The summed E-state index contributed by atoms with van der Waals surface area (Å²) in [4.78, 5) is 0. The van der Waals surface area contributed by atoms with Crippen LogP contribution < -0.4 is 0 Å². The lowest BCUT2D eigenvalue weighted by molar-refractivity contribution is -0.200. The number of hydrogen-bond acceptors (Lipinski definition) is 5. The predicted octanol–water partition coefficient (Wildman–Crippen LogP) is 1.20. The Morgan fingerprint density at radius 2 is 1.44 bits per heavy atom. The zero-order chi connectivity index (χ0) is 18.6. The Kier molecular flexibility index (Phi) is 3.49. The molecule has 0 heterocycles. The van der Waals surface area contributed by atoms with Gasteiger partial charge in [0.25, 0.3) is 0 Å². The molecule has 2 bridgehead atoms. The lowest BCUT2D eigenvalue weighted by atomic mass is 9.59. The minimum absolute atomic E-state index is 0.0833. The Morgan fingerprint density at radius 3 is 2.08 bits per heavy atom. The smallest absolute Gasteiger partial charge is 0.104 e. The van der Waals surface area contributed by atoms with Crippen molar-refractivity contribution in [2.75, 3.05) is 0 Å². The molecule has 5 nitrogen and oxygen atoms in total. The van der Waals surface area contributed by atoms with Crippen molar-refractivity contribution in [3.63, 3.8) is 0 Å². The van der Waals surface area contributed by atoms with E-state index in [1.165, 1.54) is 0 Å². The summed E-state index contributed by atoms with van der Waals surface area (Å²) in [5.74, 6) is -0.468. The van der Waals surface area contributed by atoms with Gasteiger partial charge in [0.05, 0.1) is 23.4 Å². The van der Waals surface area contributed by atoms with Gasteiger partial charge in [-0.3, -0.25) is 0 Å². The molecular formula is C20H34O5. The first kappa shape index (κ1) is 18.2. The largest absolute Gasteiger partial charge is 0.392 e. The van der Waals surface area contributed by atoms with Gasteiger partial charge in [-0.05, 0) is 69.6 Å². The van der Waals surface area contributed by atoms with E-state index in [1.807, 2.05) is 6.92 Å². The summed E-state index contributed by atoms with van der Waals surface area (Å²) in [6.45, 7) is 7.24. The average molecular weight is 354 g/mol. The van der Waals surface area contributed by atoms with E-state index in [1.54, 1.807) is 20.8 Å². The van der Waals surface area contributed by atoms with Crippen molar-refractivity contribution in [2.45, 2.75) is 95.2 Å². The molecule has 0 radical (unpaired) electrons. The molecule has 5 heteroatoms. The molecule has 0 saturated heterocycles. The second kappa shape index (κ2) is 4.79. The Labute approximate surface area is 150 Å². The van der Waals surface area contributed by atoms with Gasteiger partial charge in [0.2, 0.25) is 0 Å². The normalized spacial score (nSPS) is 63.0. The number of aliphatic hydroxyl groups is 5. The first-order valence-corrected chi connectivity index (χ1v) is 9.82. The fourth-order valence-electron chi connectivity index (χ4n) is 7.75. The fourth-order valence-corrected chi connectivity index (χ4v) is 7.75. The standard InChI is InChI=1S/C20H34O5/c1-16(2)14(21)7-13-18(4,24)12-6-5-11-8-19(12,10-17(11,3)23)9-15(22)20(13,16)25/h11-15,21-25H,5-10H2,1-4H3/t11-,12-,13-,14-,15+,17+,18+,19?,20-/m0/s1. The zero-order valence-electron chi connectivity index (χ0n) is 15.9. The third kappa shape index (κ3) is 1.97. The second-order valence-corrected chi connectivity index (χ2v) is 10.7. The molecule has 4 saturated carbocycles. The highest BCUT2D eigenvalue weighted by Crippen LogP contribution is 2.69. The lowest BCUT2D eigenvalue weighted by Gasteiger charge is -2.49. The third-order valence-electron chi connectivity index (χ3n) is 9.16. The van der Waals surface area contributed by atoms with E-state index >= 15 is 0 Å². The molecule has 4 fully saturated rings. The molecule has 0 aliphatic heterocycles. The maximum atomic E-state index is 11.7. The van der Waals surface area contributed by atoms with Crippen LogP contribution in [0.5, 0.6) is 0 Å². The molecule has 0 aromatic heterocycles. The predicted molar refractivity (Wildman–Crippen MR) is 92.6 cm³/mol. The zero-order valence-corrected chi connectivity index (χ0v) is 15.9. The van der Waals surface area contributed by atoms with Crippen molar-refractivity contribution >= 4 is 0 Å². The van der Waals surface area contributed by atoms with Gasteiger partial charge in [0.1, 0.15) is 5.60 Å². The molecule has 4 aliphatic carbocycles. The van der Waals surface area contributed by atoms with Gasteiger partial charge < -0.3 is 25.5 Å². The monoisotopic (exact) mass is 354 g/mol. The highest BCUT2D eigenvalue weighted by atomic mass is 16.4. The van der Waals surface area contributed by atoms with Crippen LogP contribution in [0, 0.1) is 28.6 Å². The van der Waals surface area contributed by atoms with Gasteiger partial charge in [0.15, 0.2) is 0 Å². The molecule has 9 atom stereocenters. The highest BCUT2D eigenvalue weighted by Gasteiger charge is 2.74. The van der Waals surface area contributed by atoms with Crippen LogP contribution in [0.15, 0.2) is 0 Å². The molecule has 0 aromatic rings. The Hall–Kier alpha value is -0.200. The van der Waals surface area contributed by atoms with E-state index in [2.05, 4.69) is 0 Å². The number of aliphatic hydroxyl groups excluding tert-OH is 2. The van der Waals surface area contributed by atoms with Crippen molar-refractivity contribution in [2.24, 2.45) is 28.6 Å². The quantitative estimate of drug-likeness (QED) is 0.450. The van der Waals surface area contributed by atoms with Crippen molar-refractivity contribution in [3.8, 4) is 0 Å². The van der Waals surface area contributed by atoms with E-state index in [0.29, 0.717) is 19.3 Å². The highest BCUT2D eigenvalue weighted by molar-refractivity contribution is 5.24. The summed E-state index contributed by atoms with van der Waals surface area (Å²) < 4.78 is 0. The van der Waals surface area contributed by atoms with E-state index in [9.17, 15) is 25.5 Å². The molecule has 5 N–H and O–H groups in total. The molecule has 1 unspecified atom stereocenters. The Balaban J connectivity index is 1.86. The molecule has 0 amide bonds. The van der Waals surface area contributed by atoms with Gasteiger partial charge >= 0.3 is 0 Å². The molecule has 144 valence electrons. The van der Waals surface area contributed by atoms with Crippen LogP contribution >= 0.6 is 0 Å². The maximum Gasteiger partial charge on any atom is 0.104 e. The lowest BCUT2D eigenvalue weighted by Crippen LogP contribution is -2.60. The fraction of sp³-hybridized carbons (Fsp3) is 1.00. The first-order valence-electron chi connectivity index (χ1n) is 9.82. The number of fused-ring (bicyclic) bond motifs is 2. The van der Waals surface area contributed by atoms with Crippen molar-refractivity contribution < 1.29 is 25.5 Å². The topological polar surface area (TPSA) is 101 Å². The van der Waals surface area contributed by atoms with E-state index in [0.717, 1.165) is 19.3 Å². The minimum Gasteiger partial charge on any atom is -0.392 e. The van der Waals surface area contributed by atoms with Crippen LogP contribution in [0.4, 0.5) is 0 Å². The Morgan fingerprint density at radius 1 is 0.800 bits per heavy atom. The van der Waals surface area contributed by atoms with Crippen molar-refractivity contribution in [1.29, 1.82) is 0 Å². The van der Waals surface area contributed by atoms with Crippen LogP contribution in [0.1, 0.15) is 66.2 Å². The summed E-state index contributed by atoms with van der Waals surface area (Å²) in [5, 5.41) is 56.0. The molecular weight excluding hydrogens is 320 g/mol. The SMILES string of the molecule is CC1(C)[C@@H](O)C[C@H]2[C@](C)(O)[C@@H]3CC[C@H]4CC3(C[C@@H](O)[C@@]21O)C[C@@]4(C)O. The number of rotatable bonds is 0. The molecule has 1 spiro atoms.